The minimum atomic E-state index is -0.249. The van der Waals surface area contributed by atoms with Gasteiger partial charge in [-0.3, -0.25) is 4.79 Å². The molecule has 0 saturated carbocycles. The van der Waals surface area contributed by atoms with Crippen molar-refractivity contribution in [2.24, 2.45) is 0 Å². The molecule has 0 fully saturated rings. The molecule has 2 aromatic rings. The van der Waals surface area contributed by atoms with Crippen molar-refractivity contribution in [2.45, 2.75) is 0 Å². The number of ether oxygens (including phenoxy) is 1. The van der Waals surface area contributed by atoms with Crippen LogP contribution >= 0.6 is 34.8 Å². The molecule has 2 rings (SSSR count). The molecule has 0 radical (unpaired) electrons. The second-order valence-electron chi connectivity index (χ2n) is 4.20. The van der Waals surface area contributed by atoms with Gasteiger partial charge in [0.05, 0.1) is 22.2 Å². The van der Waals surface area contributed by atoms with E-state index in [-0.39, 0.29) is 15.8 Å². The van der Waals surface area contributed by atoms with Crippen molar-refractivity contribution in [3.63, 3.8) is 0 Å². The van der Waals surface area contributed by atoms with Crippen LogP contribution in [0.3, 0.4) is 0 Å². The molecule has 5 heteroatoms. The Hall–Kier alpha value is -1.48. The molecule has 0 N–H and O–H groups in total. The molecule has 2 nitrogen and oxygen atoms in total. The maximum Gasteiger partial charge on any atom is 0.187 e. The Labute approximate surface area is 137 Å². The quantitative estimate of drug-likeness (QED) is 0.414. The van der Waals surface area contributed by atoms with Gasteiger partial charge in [-0.25, -0.2) is 0 Å². The van der Waals surface area contributed by atoms with Crippen molar-refractivity contribution >= 4 is 46.7 Å². The van der Waals surface area contributed by atoms with Gasteiger partial charge in [0.15, 0.2) is 5.78 Å². The molecule has 0 aliphatic carbocycles. The summed E-state index contributed by atoms with van der Waals surface area (Å²) in [6.45, 7) is 0. The molecule has 0 saturated heterocycles. The Balaban J connectivity index is 2.25. The summed E-state index contributed by atoms with van der Waals surface area (Å²) in [5.41, 5.74) is 1.16. The van der Waals surface area contributed by atoms with Gasteiger partial charge in [-0.2, -0.15) is 0 Å². The number of ketones is 1. The van der Waals surface area contributed by atoms with Crippen LogP contribution in [0, 0.1) is 0 Å². The predicted octanol–water partition coefficient (Wildman–Crippen LogP) is 5.55. The molecular formula is C16H11Cl3O2. The van der Waals surface area contributed by atoms with Gasteiger partial charge < -0.3 is 4.74 Å². The van der Waals surface area contributed by atoms with Crippen LogP contribution in [0.5, 0.6) is 5.75 Å². The molecule has 108 valence electrons. The van der Waals surface area contributed by atoms with Crippen molar-refractivity contribution in [3.05, 3.63) is 68.7 Å². The maximum absolute atomic E-state index is 12.2. The molecule has 2 aromatic carbocycles. The lowest BCUT2D eigenvalue weighted by molar-refractivity contribution is 0.104. The number of rotatable bonds is 4. The summed E-state index contributed by atoms with van der Waals surface area (Å²) in [4.78, 5) is 12.2. The number of carbonyl (C=O) groups is 1. The Morgan fingerprint density at radius 2 is 1.86 bits per heavy atom. The Morgan fingerprint density at radius 1 is 1.10 bits per heavy atom. The highest BCUT2D eigenvalue weighted by atomic mass is 35.5. The van der Waals surface area contributed by atoms with Crippen molar-refractivity contribution < 1.29 is 9.53 Å². The maximum atomic E-state index is 12.2. The van der Waals surface area contributed by atoms with Gasteiger partial charge in [0.25, 0.3) is 0 Å². The summed E-state index contributed by atoms with van der Waals surface area (Å²) in [7, 11) is 1.59. The van der Waals surface area contributed by atoms with E-state index in [2.05, 4.69) is 0 Å². The lowest BCUT2D eigenvalue weighted by Gasteiger charge is -2.04. The van der Waals surface area contributed by atoms with E-state index in [9.17, 15) is 4.79 Å². The highest BCUT2D eigenvalue weighted by Gasteiger charge is 2.13. The monoisotopic (exact) mass is 340 g/mol. The lowest BCUT2D eigenvalue weighted by Crippen LogP contribution is -1.96. The van der Waals surface area contributed by atoms with Gasteiger partial charge in [-0.05, 0) is 35.9 Å². The first-order chi connectivity index (χ1) is 10.0. The van der Waals surface area contributed by atoms with E-state index < -0.39 is 0 Å². The van der Waals surface area contributed by atoms with Gasteiger partial charge in [0.2, 0.25) is 0 Å². The molecule has 21 heavy (non-hydrogen) atoms. The highest BCUT2D eigenvalue weighted by Crippen LogP contribution is 2.33. The number of allylic oxidation sites excluding steroid dienone is 1. The summed E-state index contributed by atoms with van der Waals surface area (Å²) >= 11 is 17.8. The smallest absolute Gasteiger partial charge is 0.187 e. The van der Waals surface area contributed by atoms with Crippen LogP contribution in [-0.4, -0.2) is 12.9 Å². The fourth-order valence-electron chi connectivity index (χ4n) is 1.72. The standard InChI is InChI=1S/C16H11Cl3O2/c1-21-11-4-2-3-10(9-11)5-8-14(20)12-6-7-13(17)16(19)15(12)18/h2-9H,1H3/b8-5+. The van der Waals surface area contributed by atoms with Crippen LogP contribution in [0.1, 0.15) is 15.9 Å². The summed E-state index contributed by atoms with van der Waals surface area (Å²) < 4.78 is 5.12. The molecule has 0 amide bonds. The molecule has 0 aliphatic rings. The summed E-state index contributed by atoms with van der Waals surface area (Å²) in [6, 6.07) is 10.4. The number of hydrogen-bond donors (Lipinski definition) is 0. The number of methoxy groups -OCH3 is 1. The Morgan fingerprint density at radius 3 is 2.57 bits per heavy atom. The van der Waals surface area contributed by atoms with Crippen LogP contribution in [-0.2, 0) is 0 Å². The predicted molar refractivity (Wildman–Crippen MR) is 87.8 cm³/mol. The molecule has 0 heterocycles. The third-order valence-corrected chi connectivity index (χ3v) is 4.12. The van der Waals surface area contributed by atoms with Crippen molar-refractivity contribution in [1.29, 1.82) is 0 Å². The fourth-order valence-corrected chi connectivity index (χ4v) is 2.35. The first kappa shape index (κ1) is 15.9. The van der Waals surface area contributed by atoms with Crippen LogP contribution in [0.25, 0.3) is 6.08 Å². The Kier molecular flexibility index (Phi) is 5.29. The second kappa shape index (κ2) is 6.99. The average Bonchev–Trinajstić information content (AvgIpc) is 2.50. The van der Waals surface area contributed by atoms with Crippen molar-refractivity contribution in [1.82, 2.24) is 0 Å². The number of benzene rings is 2. The fraction of sp³-hybridized carbons (Fsp3) is 0.0625. The minimum absolute atomic E-state index is 0.157. The van der Waals surface area contributed by atoms with E-state index in [1.165, 1.54) is 6.08 Å². The van der Waals surface area contributed by atoms with Crippen LogP contribution in [0.4, 0.5) is 0 Å². The topological polar surface area (TPSA) is 26.3 Å². The summed E-state index contributed by atoms with van der Waals surface area (Å²) in [6.07, 6.45) is 3.11. The Bertz CT molecular complexity index is 709. The van der Waals surface area contributed by atoms with E-state index in [4.69, 9.17) is 39.5 Å². The first-order valence-electron chi connectivity index (χ1n) is 6.03. The normalized spacial score (nSPS) is 10.9. The summed E-state index contributed by atoms with van der Waals surface area (Å²) in [5, 5.41) is 0.651. The van der Waals surface area contributed by atoms with Gasteiger partial charge in [-0.1, -0.05) is 53.0 Å². The second-order valence-corrected chi connectivity index (χ2v) is 5.36. The van der Waals surface area contributed by atoms with Crippen LogP contribution in [0.2, 0.25) is 15.1 Å². The largest absolute Gasteiger partial charge is 0.497 e. The molecule has 0 atom stereocenters. The SMILES string of the molecule is COc1cccc(/C=C/C(=O)c2ccc(Cl)c(Cl)c2Cl)c1. The van der Waals surface area contributed by atoms with E-state index in [0.717, 1.165) is 11.3 Å². The zero-order valence-electron chi connectivity index (χ0n) is 11.1. The van der Waals surface area contributed by atoms with Crippen molar-refractivity contribution in [3.8, 4) is 5.75 Å². The molecule has 0 unspecified atom stereocenters. The third-order valence-electron chi connectivity index (χ3n) is 2.82. The third kappa shape index (κ3) is 3.79. The lowest BCUT2D eigenvalue weighted by atomic mass is 10.1. The van der Waals surface area contributed by atoms with Crippen LogP contribution in [0.15, 0.2) is 42.5 Å². The summed E-state index contributed by atoms with van der Waals surface area (Å²) in [5.74, 6) is 0.471. The van der Waals surface area contributed by atoms with E-state index in [0.29, 0.717) is 10.6 Å². The minimum Gasteiger partial charge on any atom is -0.497 e. The average molecular weight is 342 g/mol. The van der Waals surface area contributed by atoms with E-state index in [1.54, 1.807) is 25.3 Å². The zero-order valence-corrected chi connectivity index (χ0v) is 13.3. The molecule has 0 aliphatic heterocycles. The molecule has 0 aromatic heterocycles. The van der Waals surface area contributed by atoms with Gasteiger partial charge in [0, 0.05) is 5.56 Å². The number of halogens is 3. The number of carbonyl (C=O) groups excluding carboxylic acids is 1. The zero-order chi connectivity index (χ0) is 15.4. The van der Waals surface area contributed by atoms with Gasteiger partial charge >= 0.3 is 0 Å². The van der Waals surface area contributed by atoms with Crippen LogP contribution < -0.4 is 4.74 Å². The highest BCUT2D eigenvalue weighted by molar-refractivity contribution is 6.49. The van der Waals surface area contributed by atoms with Gasteiger partial charge in [-0.15, -0.1) is 0 Å². The van der Waals surface area contributed by atoms with E-state index >= 15 is 0 Å². The first-order valence-corrected chi connectivity index (χ1v) is 7.16. The van der Waals surface area contributed by atoms with Gasteiger partial charge in [0.1, 0.15) is 5.75 Å². The molecule has 0 bridgehead atoms. The molecule has 0 spiro atoms. The van der Waals surface area contributed by atoms with Crippen molar-refractivity contribution in [2.75, 3.05) is 7.11 Å². The van der Waals surface area contributed by atoms with E-state index in [1.807, 2.05) is 24.3 Å². The number of hydrogen-bond acceptors (Lipinski definition) is 2. The molecular weight excluding hydrogens is 331 g/mol.